The molecule has 2 heterocycles. The van der Waals surface area contributed by atoms with Crippen molar-refractivity contribution in [2.24, 2.45) is 30.2 Å². The van der Waals surface area contributed by atoms with E-state index in [1.807, 2.05) is 13.8 Å². The summed E-state index contributed by atoms with van der Waals surface area (Å²) in [5, 5.41) is 17.7. The molecule has 0 atom stereocenters. The third-order valence-electron chi connectivity index (χ3n) is 4.39. The van der Waals surface area contributed by atoms with Crippen LogP contribution in [0.3, 0.4) is 0 Å². The molecule has 0 bridgehead atoms. The third-order valence-corrected chi connectivity index (χ3v) is 4.39. The second-order valence-corrected chi connectivity index (χ2v) is 6.89. The first-order chi connectivity index (χ1) is 13.1. The number of hydrogen-bond acceptors (Lipinski definition) is 7. The van der Waals surface area contributed by atoms with Crippen molar-refractivity contribution >= 4 is 23.2 Å². The van der Waals surface area contributed by atoms with Crippen LogP contribution in [0.15, 0.2) is 38.0 Å². The summed E-state index contributed by atoms with van der Waals surface area (Å²) in [5.74, 6) is -1.45. The molecule has 0 saturated carbocycles. The Morgan fingerprint density at radius 3 is 2.32 bits per heavy atom. The van der Waals surface area contributed by atoms with Gasteiger partial charge >= 0.3 is 5.69 Å². The second kappa shape index (κ2) is 6.87. The highest BCUT2D eigenvalue weighted by molar-refractivity contribution is 6.23. The first-order valence-corrected chi connectivity index (χ1v) is 8.55. The lowest BCUT2D eigenvalue weighted by Crippen LogP contribution is -2.36. The van der Waals surface area contributed by atoms with Crippen molar-refractivity contribution in [3.63, 3.8) is 0 Å². The summed E-state index contributed by atoms with van der Waals surface area (Å²) in [6, 6.07) is 4.56. The van der Waals surface area contributed by atoms with Crippen LogP contribution in [0, 0.1) is 5.92 Å². The van der Waals surface area contributed by atoms with Crippen LogP contribution in [0.5, 0.6) is 5.88 Å². The number of benzene rings is 1. The zero-order valence-electron chi connectivity index (χ0n) is 15.8. The topological polar surface area (TPSA) is 126 Å². The van der Waals surface area contributed by atoms with Gasteiger partial charge in [-0.15, -0.1) is 10.2 Å². The van der Waals surface area contributed by atoms with E-state index in [0.29, 0.717) is 0 Å². The molecule has 28 heavy (non-hydrogen) atoms. The number of amides is 2. The average Bonchev–Trinajstić information content (AvgIpc) is 2.90. The van der Waals surface area contributed by atoms with Crippen LogP contribution < -0.4 is 11.2 Å². The lowest BCUT2D eigenvalue weighted by molar-refractivity contribution is 0.0636. The highest BCUT2D eigenvalue weighted by Crippen LogP contribution is 2.33. The van der Waals surface area contributed by atoms with Gasteiger partial charge in [-0.05, 0) is 18.1 Å². The minimum Gasteiger partial charge on any atom is -0.493 e. The quantitative estimate of drug-likeness (QED) is 0.630. The Hall–Kier alpha value is -3.56. The number of rotatable bonds is 4. The summed E-state index contributed by atoms with van der Waals surface area (Å²) in [5.41, 5.74) is -1.60. The first kappa shape index (κ1) is 19.2. The van der Waals surface area contributed by atoms with E-state index >= 15 is 0 Å². The smallest absolute Gasteiger partial charge is 0.333 e. The molecule has 2 amide bonds. The van der Waals surface area contributed by atoms with E-state index in [-0.39, 0.29) is 29.3 Å². The molecular formula is C18H19N5O5. The largest absolute Gasteiger partial charge is 0.493 e. The van der Waals surface area contributed by atoms with Crippen LogP contribution in [0.4, 0.5) is 11.4 Å². The molecule has 1 aliphatic heterocycles. The Labute approximate surface area is 159 Å². The van der Waals surface area contributed by atoms with Gasteiger partial charge in [-0.2, -0.15) is 0 Å². The standard InChI is InChI=1S/C18H19N5O5/c1-9(2)8-23-14(24)10-6-5-7-11(12(10)15(23)25)19-20-13-16(26)21(3)18(28)22(4)17(13)27/h5-7,9,26H,8H2,1-4H3. The van der Waals surface area contributed by atoms with E-state index in [2.05, 4.69) is 10.2 Å². The highest BCUT2D eigenvalue weighted by atomic mass is 16.3. The number of carbonyl (C=O) groups is 2. The number of aromatic hydroxyl groups is 1. The fourth-order valence-corrected chi connectivity index (χ4v) is 2.94. The molecule has 0 unspecified atom stereocenters. The number of fused-ring (bicyclic) bond motifs is 1. The van der Waals surface area contributed by atoms with Crippen molar-refractivity contribution in [1.29, 1.82) is 0 Å². The first-order valence-electron chi connectivity index (χ1n) is 8.55. The van der Waals surface area contributed by atoms with E-state index < -0.39 is 34.6 Å². The van der Waals surface area contributed by atoms with Gasteiger partial charge in [0, 0.05) is 20.6 Å². The second-order valence-electron chi connectivity index (χ2n) is 6.89. The van der Waals surface area contributed by atoms with Crippen molar-refractivity contribution in [1.82, 2.24) is 14.0 Å². The molecule has 2 aromatic rings. The molecule has 1 aromatic carbocycles. The molecule has 1 aromatic heterocycles. The predicted octanol–water partition coefficient (Wildman–Crippen LogP) is 1.46. The Bertz CT molecular complexity index is 1140. The number of aromatic nitrogens is 2. The summed E-state index contributed by atoms with van der Waals surface area (Å²) in [4.78, 5) is 50.4. The van der Waals surface area contributed by atoms with Crippen LogP contribution >= 0.6 is 0 Å². The van der Waals surface area contributed by atoms with Crippen molar-refractivity contribution in [2.45, 2.75) is 13.8 Å². The number of nitrogens with zero attached hydrogens (tertiary/aromatic N) is 5. The lowest BCUT2D eigenvalue weighted by atomic mass is 10.1. The zero-order valence-corrected chi connectivity index (χ0v) is 15.8. The summed E-state index contributed by atoms with van der Waals surface area (Å²) < 4.78 is 1.63. The van der Waals surface area contributed by atoms with Gasteiger partial charge in [0.05, 0.1) is 16.8 Å². The van der Waals surface area contributed by atoms with Gasteiger partial charge in [0.25, 0.3) is 17.4 Å². The Morgan fingerprint density at radius 2 is 1.68 bits per heavy atom. The van der Waals surface area contributed by atoms with Gasteiger partial charge in [-0.25, -0.2) is 4.79 Å². The van der Waals surface area contributed by atoms with E-state index in [9.17, 15) is 24.3 Å². The highest BCUT2D eigenvalue weighted by Gasteiger charge is 2.37. The van der Waals surface area contributed by atoms with E-state index in [4.69, 9.17) is 0 Å². The summed E-state index contributed by atoms with van der Waals surface area (Å²) >= 11 is 0. The van der Waals surface area contributed by atoms with E-state index in [1.165, 1.54) is 26.2 Å². The van der Waals surface area contributed by atoms with Crippen LogP contribution in [-0.4, -0.2) is 37.5 Å². The van der Waals surface area contributed by atoms with Crippen molar-refractivity contribution in [3.8, 4) is 5.88 Å². The molecular weight excluding hydrogens is 366 g/mol. The third kappa shape index (κ3) is 2.92. The van der Waals surface area contributed by atoms with Gasteiger partial charge in [0.15, 0.2) is 0 Å². The molecule has 0 aliphatic carbocycles. The van der Waals surface area contributed by atoms with Crippen LogP contribution in [0.1, 0.15) is 34.6 Å². The van der Waals surface area contributed by atoms with Gasteiger partial charge in [0.1, 0.15) is 0 Å². The molecule has 3 rings (SSSR count). The summed E-state index contributed by atoms with van der Waals surface area (Å²) in [6.45, 7) is 4.05. The van der Waals surface area contributed by atoms with Gasteiger partial charge in [-0.3, -0.25) is 28.4 Å². The molecule has 10 nitrogen and oxygen atoms in total. The Kier molecular flexibility index (Phi) is 4.72. The van der Waals surface area contributed by atoms with Gasteiger partial charge < -0.3 is 5.11 Å². The Balaban J connectivity index is 2.09. The van der Waals surface area contributed by atoms with Crippen molar-refractivity contribution in [2.75, 3.05) is 6.54 Å². The summed E-state index contributed by atoms with van der Waals surface area (Å²) in [6.07, 6.45) is 0. The Morgan fingerprint density at radius 1 is 1.00 bits per heavy atom. The van der Waals surface area contributed by atoms with E-state index in [0.717, 1.165) is 14.0 Å². The molecule has 1 N–H and O–H groups in total. The minimum absolute atomic E-state index is 0.0948. The number of imide groups is 1. The lowest BCUT2D eigenvalue weighted by Gasteiger charge is -2.15. The molecule has 0 fully saturated rings. The van der Waals surface area contributed by atoms with Gasteiger partial charge in [-0.1, -0.05) is 19.9 Å². The average molecular weight is 385 g/mol. The van der Waals surface area contributed by atoms with Crippen molar-refractivity contribution < 1.29 is 14.7 Å². The predicted molar refractivity (Wildman–Crippen MR) is 99.4 cm³/mol. The number of hydrogen-bond donors (Lipinski definition) is 1. The number of carbonyl (C=O) groups excluding carboxylic acids is 2. The van der Waals surface area contributed by atoms with Crippen LogP contribution in [-0.2, 0) is 14.1 Å². The molecule has 0 spiro atoms. The number of azo groups is 1. The maximum Gasteiger partial charge on any atom is 0.333 e. The minimum atomic E-state index is -0.833. The molecule has 0 radical (unpaired) electrons. The fourth-order valence-electron chi connectivity index (χ4n) is 2.94. The SMILES string of the molecule is CC(C)CN1C(=O)c2cccc(N=Nc3c(O)n(C)c(=O)n(C)c3=O)c2C1=O. The maximum atomic E-state index is 12.7. The molecule has 10 heteroatoms. The zero-order chi connectivity index (χ0) is 20.7. The summed E-state index contributed by atoms with van der Waals surface area (Å²) in [7, 11) is 2.53. The van der Waals surface area contributed by atoms with Crippen molar-refractivity contribution in [3.05, 3.63) is 50.2 Å². The van der Waals surface area contributed by atoms with Crippen LogP contribution in [0.2, 0.25) is 0 Å². The monoisotopic (exact) mass is 385 g/mol. The molecule has 146 valence electrons. The molecule has 0 saturated heterocycles. The van der Waals surface area contributed by atoms with Gasteiger partial charge in [0.2, 0.25) is 11.6 Å². The van der Waals surface area contributed by atoms with E-state index in [1.54, 1.807) is 6.07 Å². The maximum absolute atomic E-state index is 12.7. The fraction of sp³-hybridized carbons (Fsp3) is 0.333. The molecule has 1 aliphatic rings. The van der Waals surface area contributed by atoms with Crippen LogP contribution in [0.25, 0.3) is 0 Å². The normalized spacial score (nSPS) is 13.8.